The molecule has 0 saturated heterocycles. The van der Waals surface area contributed by atoms with Crippen molar-refractivity contribution in [2.45, 2.75) is 18.9 Å². The Morgan fingerprint density at radius 1 is 1.33 bits per heavy atom. The minimum absolute atomic E-state index is 0.271. The van der Waals surface area contributed by atoms with Gasteiger partial charge in [-0.2, -0.15) is 0 Å². The van der Waals surface area contributed by atoms with Gasteiger partial charge in [0.1, 0.15) is 5.60 Å². The van der Waals surface area contributed by atoms with Gasteiger partial charge >= 0.3 is 0 Å². The molecule has 66 valence electrons. The molecule has 0 aliphatic carbocycles. The number of hydrogen-bond donors (Lipinski definition) is 2. The lowest BCUT2D eigenvalue weighted by Gasteiger charge is -2.25. The predicted molar refractivity (Wildman–Crippen MR) is 49.7 cm³/mol. The largest absolute Gasteiger partial charge is 0.384 e. The van der Waals surface area contributed by atoms with Crippen molar-refractivity contribution in [3.8, 4) is 0 Å². The smallest absolute Gasteiger partial charge is 0.102 e. The van der Waals surface area contributed by atoms with Gasteiger partial charge < -0.3 is 10.8 Å². The lowest BCUT2D eigenvalue weighted by Crippen LogP contribution is -2.33. The normalized spacial score (nSPS) is 15.6. The van der Waals surface area contributed by atoms with Crippen LogP contribution in [0.4, 0.5) is 0 Å². The predicted octanol–water partition coefficient (Wildman–Crippen LogP) is 1.24. The molecule has 2 heteroatoms. The van der Waals surface area contributed by atoms with E-state index in [9.17, 15) is 5.11 Å². The third kappa shape index (κ3) is 1.65. The van der Waals surface area contributed by atoms with Crippen molar-refractivity contribution < 1.29 is 5.11 Å². The molecule has 1 atom stereocenters. The molecule has 1 aromatic carbocycles. The molecule has 0 aliphatic rings. The molecule has 2 nitrogen and oxygen atoms in total. The van der Waals surface area contributed by atoms with Crippen LogP contribution in [0.5, 0.6) is 0 Å². The molecule has 0 aliphatic heterocycles. The highest BCUT2D eigenvalue weighted by Gasteiger charge is 2.24. The molecule has 0 unspecified atom stereocenters. The molecular weight excluding hydrogens is 150 g/mol. The number of rotatable bonds is 3. The van der Waals surface area contributed by atoms with E-state index < -0.39 is 5.60 Å². The van der Waals surface area contributed by atoms with Crippen molar-refractivity contribution in [3.05, 3.63) is 35.9 Å². The first-order chi connectivity index (χ1) is 5.73. The van der Waals surface area contributed by atoms with Crippen LogP contribution >= 0.6 is 0 Å². The van der Waals surface area contributed by atoms with Gasteiger partial charge in [0.2, 0.25) is 0 Å². The molecule has 0 saturated carbocycles. The lowest BCUT2D eigenvalue weighted by atomic mass is 9.91. The molecule has 0 heterocycles. The van der Waals surface area contributed by atoms with Crippen LogP contribution in [0.2, 0.25) is 0 Å². The summed E-state index contributed by atoms with van der Waals surface area (Å²) < 4.78 is 0. The fourth-order valence-electron chi connectivity index (χ4n) is 1.21. The van der Waals surface area contributed by atoms with E-state index in [0.717, 1.165) is 5.56 Å². The van der Waals surface area contributed by atoms with Crippen LogP contribution in [0.3, 0.4) is 0 Å². The monoisotopic (exact) mass is 165 g/mol. The van der Waals surface area contributed by atoms with Crippen LogP contribution in [0.15, 0.2) is 30.3 Å². The molecular formula is C10H15NO. The fourth-order valence-corrected chi connectivity index (χ4v) is 1.21. The van der Waals surface area contributed by atoms with Crippen molar-refractivity contribution in [1.29, 1.82) is 0 Å². The second-order valence-electron chi connectivity index (χ2n) is 2.96. The van der Waals surface area contributed by atoms with Crippen molar-refractivity contribution in [2.24, 2.45) is 5.73 Å². The Hall–Kier alpha value is -0.860. The van der Waals surface area contributed by atoms with Crippen LogP contribution in [-0.2, 0) is 5.60 Å². The first kappa shape index (κ1) is 9.23. The summed E-state index contributed by atoms with van der Waals surface area (Å²) in [5.41, 5.74) is 5.55. The SMILES string of the molecule is CC[C@@](O)(CN)c1ccccc1. The Morgan fingerprint density at radius 3 is 2.33 bits per heavy atom. The number of nitrogens with two attached hydrogens (primary N) is 1. The molecule has 0 radical (unpaired) electrons. The quantitative estimate of drug-likeness (QED) is 0.708. The van der Waals surface area contributed by atoms with E-state index in [4.69, 9.17) is 5.73 Å². The summed E-state index contributed by atoms with van der Waals surface area (Å²) in [5.74, 6) is 0. The van der Waals surface area contributed by atoms with Gasteiger partial charge in [-0.3, -0.25) is 0 Å². The maximum absolute atomic E-state index is 9.98. The lowest BCUT2D eigenvalue weighted by molar-refractivity contribution is 0.0419. The Bertz CT molecular complexity index is 229. The molecule has 0 aromatic heterocycles. The van der Waals surface area contributed by atoms with E-state index in [0.29, 0.717) is 6.42 Å². The summed E-state index contributed by atoms with van der Waals surface area (Å²) >= 11 is 0. The molecule has 3 N–H and O–H groups in total. The minimum Gasteiger partial charge on any atom is -0.384 e. The van der Waals surface area contributed by atoms with E-state index in [1.54, 1.807) is 0 Å². The van der Waals surface area contributed by atoms with Gasteiger partial charge in [0, 0.05) is 6.54 Å². The van der Waals surface area contributed by atoms with Crippen molar-refractivity contribution in [3.63, 3.8) is 0 Å². The molecule has 12 heavy (non-hydrogen) atoms. The minimum atomic E-state index is -0.846. The summed E-state index contributed by atoms with van der Waals surface area (Å²) in [6.07, 6.45) is 0.646. The number of aliphatic hydroxyl groups is 1. The highest BCUT2D eigenvalue weighted by atomic mass is 16.3. The van der Waals surface area contributed by atoms with Gasteiger partial charge in [0.05, 0.1) is 0 Å². The zero-order valence-corrected chi connectivity index (χ0v) is 7.33. The van der Waals surface area contributed by atoms with Gasteiger partial charge in [-0.05, 0) is 12.0 Å². The van der Waals surface area contributed by atoms with E-state index in [-0.39, 0.29) is 6.54 Å². The number of benzene rings is 1. The first-order valence-corrected chi connectivity index (χ1v) is 4.21. The summed E-state index contributed by atoms with van der Waals surface area (Å²) in [6.45, 7) is 2.20. The second-order valence-corrected chi connectivity index (χ2v) is 2.96. The fraction of sp³-hybridized carbons (Fsp3) is 0.400. The van der Waals surface area contributed by atoms with Gasteiger partial charge in [-0.15, -0.1) is 0 Å². The number of hydrogen-bond acceptors (Lipinski definition) is 2. The Kier molecular flexibility index (Phi) is 2.84. The first-order valence-electron chi connectivity index (χ1n) is 4.21. The Balaban J connectivity index is 2.95. The van der Waals surface area contributed by atoms with E-state index >= 15 is 0 Å². The molecule has 1 aromatic rings. The maximum Gasteiger partial charge on any atom is 0.102 e. The maximum atomic E-state index is 9.98. The summed E-state index contributed by atoms with van der Waals surface area (Å²) in [6, 6.07) is 9.54. The van der Waals surface area contributed by atoms with E-state index in [1.165, 1.54) is 0 Å². The highest BCUT2D eigenvalue weighted by Crippen LogP contribution is 2.22. The zero-order chi connectivity index (χ0) is 9.03. The zero-order valence-electron chi connectivity index (χ0n) is 7.33. The van der Waals surface area contributed by atoms with Crippen LogP contribution in [0.1, 0.15) is 18.9 Å². The molecule has 0 bridgehead atoms. The highest BCUT2D eigenvalue weighted by molar-refractivity contribution is 5.22. The van der Waals surface area contributed by atoms with Crippen LogP contribution in [0, 0.1) is 0 Å². The van der Waals surface area contributed by atoms with Gasteiger partial charge in [0.15, 0.2) is 0 Å². The second kappa shape index (κ2) is 3.70. The Morgan fingerprint density at radius 2 is 1.92 bits per heavy atom. The van der Waals surface area contributed by atoms with Crippen LogP contribution in [-0.4, -0.2) is 11.7 Å². The standard InChI is InChI=1S/C10H15NO/c1-2-10(12,8-11)9-6-4-3-5-7-9/h3-7,12H,2,8,11H2,1H3/t10-/m1/s1. The van der Waals surface area contributed by atoms with E-state index in [1.807, 2.05) is 37.3 Å². The van der Waals surface area contributed by atoms with Gasteiger partial charge in [0.25, 0.3) is 0 Å². The summed E-state index contributed by atoms with van der Waals surface area (Å²) in [5, 5.41) is 9.98. The van der Waals surface area contributed by atoms with Crippen molar-refractivity contribution >= 4 is 0 Å². The van der Waals surface area contributed by atoms with Crippen molar-refractivity contribution in [2.75, 3.05) is 6.54 Å². The Labute approximate surface area is 73.0 Å². The van der Waals surface area contributed by atoms with Gasteiger partial charge in [-0.1, -0.05) is 37.3 Å². The average molecular weight is 165 g/mol. The topological polar surface area (TPSA) is 46.2 Å². The third-order valence-corrected chi connectivity index (χ3v) is 2.23. The van der Waals surface area contributed by atoms with Gasteiger partial charge in [-0.25, -0.2) is 0 Å². The summed E-state index contributed by atoms with van der Waals surface area (Å²) in [7, 11) is 0. The molecule has 1 rings (SSSR count). The molecule has 0 fully saturated rings. The van der Waals surface area contributed by atoms with Crippen LogP contribution in [0.25, 0.3) is 0 Å². The van der Waals surface area contributed by atoms with Crippen LogP contribution < -0.4 is 5.73 Å². The molecule has 0 amide bonds. The van der Waals surface area contributed by atoms with Crippen molar-refractivity contribution in [1.82, 2.24) is 0 Å². The third-order valence-electron chi connectivity index (χ3n) is 2.23. The molecule has 0 spiro atoms. The summed E-state index contributed by atoms with van der Waals surface area (Å²) in [4.78, 5) is 0. The average Bonchev–Trinajstić information content (AvgIpc) is 2.18. The van der Waals surface area contributed by atoms with E-state index in [2.05, 4.69) is 0 Å².